The number of nitrogens with zero attached hydrogens (tertiary/aromatic N) is 3. The van der Waals surface area contributed by atoms with Crippen LogP contribution in [-0.2, 0) is 4.79 Å². The lowest BCUT2D eigenvalue weighted by Crippen LogP contribution is -2.42. The fourth-order valence-corrected chi connectivity index (χ4v) is 1.17. The number of rotatable bonds is 4. The molecule has 9 heteroatoms. The van der Waals surface area contributed by atoms with Crippen molar-refractivity contribution in [3.8, 4) is 0 Å². The van der Waals surface area contributed by atoms with Crippen molar-refractivity contribution in [1.82, 2.24) is 20.1 Å². The summed E-state index contributed by atoms with van der Waals surface area (Å²) >= 11 is 0.903. The van der Waals surface area contributed by atoms with E-state index in [9.17, 15) is 9.59 Å². The molecule has 0 spiro atoms. The largest absolute Gasteiger partial charge is 0.480 e. The van der Waals surface area contributed by atoms with Gasteiger partial charge in [0.1, 0.15) is 6.04 Å². The zero-order valence-electron chi connectivity index (χ0n) is 7.80. The third-order valence-corrected chi connectivity index (χ3v) is 2.04. The van der Waals surface area contributed by atoms with Gasteiger partial charge in [-0.1, -0.05) is 16.5 Å². The lowest BCUT2D eigenvalue weighted by Gasteiger charge is -2.11. The van der Waals surface area contributed by atoms with E-state index in [0.29, 0.717) is 6.42 Å². The van der Waals surface area contributed by atoms with Gasteiger partial charge in [-0.25, -0.2) is 9.59 Å². The molecule has 3 N–H and O–H groups in total. The second-order valence-electron chi connectivity index (χ2n) is 2.57. The first-order chi connectivity index (χ1) is 7.13. The van der Waals surface area contributed by atoms with E-state index in [0.717, 1.165) is 11.5 Å². The van der Waals surface area contributed by atoms with Gasteiger partial charge in [-0.2, -0.15) is 0 Å². The van der Waals surface area contributed by atoms with Gasteiger partial charge in [0, 0.05) is 11.5 Å². The molecule has 15 heavy (non-hydrogen) atoms. The number of carboxylic acids is 1. The van der Waals surface area contributed by atoms with E-state index in [2.05, 4.69) is 25.4 Å². The molecule has 0 aliphatic carbocycles. The zero-order chi connectivity index (χ0) is 11.3. The summed E-state index contributed by atoms with van der Waals surface area (Å²) in [7, 11) is 0. The normalized spacial score (nSPS) is 11.8. The minimum absolute atomic E-state index is 0.216. The topological polar surface area (TPSA) is 117 Å². The number of carbonyl (C=O) groups is 2. The summed E-state index contributed by atoms with van der Waals surface area (Å²) in [6.45, 7) is 1.66. The fraction of sp³-hybridized carbons (Fsp3) is 0.500. The zero-order valence-corrected chi connectivity index (χ0v) is 8.61. The highest BCUT2D eigenvalue weighted by Crippen LogP contribution is 2.04. The van der Waals surface area contributed by atoms with E-state index in [1.807, 2.05) is 0 Å². The van der Waals surface area contributed by atoms with Crippen LogP contribution >= 0.6 is 11.5 Å². The Hall–Kier alpha value is -1.77. The van der Waals surface area contributed by atoms with Crippen LogP contribution in [0, 0.1) is 0 Å². The molecule has 1 rings (SSSR count). The number of amides is 2. The van der Waals surface area contributed by atoms with Crippen molar-refractivity contribution in [1.29, 1.82) is 0 Å². The summed E-state index contributed by atoms with van der Waals surface area (Å²) < 4.78 is 3.43. The first-order valence-corrected chi connectivity index (χ1v) is 4.86. The van der Waals surface area contributed by atoms with Gasteiger partial charge in [-0.05, 0) is 11.6 Å². The van der Waals surface area contributed by atoms with Crippen LogP contribution in [0.15, 0.2) is 0 Å². The Morgan fingerprint density at radius 1 is 1.60 bits per heavy atom. The van der Waals surface area contributed by atoms with E-state index in [-0.39, 0.29) is 5.13 Å². The Balaban J connectivity index is 2.45. The average Bonchev–Trinajstić information content (AvgIpc) is 2.66. The van der Waals surface area contributed by atoms with Crippen LogP contribution in [0.1, 0.15) is 13.3 Å². The molecule has 0 bridgehead atoms. The van der Waals surface area contributed by atoms with Crippen LogP contribution in [0.4, 0.5) is 9.93 Å². The molecule has 8 nitrogen and oxygen atoms in total. The van der Waals surface area contributed by atoms with Crippen molar-refractivity contribution in [2.45, 2.75) is 19.4 Å². The summed E-state index contributed by atoms with van der Waals surface area (Å²) in [6, 6.07) is -1.55. The van der Waals surface area contributed by atoms with E-state index in [4.69, 9.17) is 5.11 Å². The molecule has 2 amide bonds. The minimum Gasteiger partial charge on any atom is -0.480 e. The molecular weight excluding hydrogens is 222 g/mol. The molecule has 0 fully saturated rings. The fourth-order valence-electron chi connectivity index (χ4n) is 0.812. The lowest BCUT2D eigenvalue weighted by atomic mass is 10.2. The second kappa shape index (κ2) is 5.20. The summed E-state index contributed by atoms with van der Waals surface area (Å²) in [4.78, 5) is 21.8. The molecule has 1 unspecified atom stereocenters. The number of aromatic nitrogens is 3. The number of aliphatic carboxylic acids is 1. The Labute approximate surface area is 88.9 Å². The summed E-state index contributed by atoms with van der Waals surface area (Å²) in [5.41, 5.74) is 0. The Kier molecular flexibility index (Phi) is 3.92. The van der Waals surface area contributed by atoms with Crippen LogP contribution in [-0.4, -0.2) is 37.9 Å². The first kappa shape index (κ1) is 11.3. The number of urea groups is 1. The number of carbonyl (C=O) groups excluding carboxylic acids is 1. The number of carboxylic acid groups (broad SMARTS) is 1. The van der Waals surface area contributed by atoms with Crippen molar-refractivity contribution in [3.05, 3.63) is 0 Å². The van der Waals surface area contributed by atoms with E-state index >= 15 is 0 Å². The SMILES string of the molecule is CCC(NC(=O)Nc1nnns1)C(=O)O. The maximum Gasteiger partial charge on any atom is 0.326 e. The van der Waals surface area contributed by atoms with Crippen molar-refractivity contribution in [3.63, 3.8) is 0 Å². The highest BCUT2D eigenvalue weighted by atomic mass is 32.1. The van der Waals surface area contributed by atoms with Gasteiger partial charge in [0.25, 0.3) is 0 Å². The minimum atomic E-state index is -1.08. The van der Waals surface area contributed by atoms with Crippen molar-refractivity contribution in [2.75, 3.05) is 5.32 Å². The Bertz CT molecular complexity index is 341. The number of nitrogens with one attached hydrogen (secondary N) is 2. The van der Waals surface area contributed by atoms with Gasteiger partial charge in [-0.3, -0.25) is 5.32 Å². The summed E-state index contributed by atoms with van der Waals surface area (Å²) in [6.07, 6.45) is 0.303. The molecule has 0 radical (unpaired) electrons. The summed E-state index contributed by atoms with van der Waals surface area (Å²) in [5.74, 6) is -1.08. The van der Waals surface area contributed by atoms with Crippen LogP contribution in [0.5, 0.6) is 0 Å². The third kappa shape index (κ3) is 3.46. The second-order valence-corrected chi connectivity index (χ2v) is 3.30. The first-order valence-electron chi connectivity index (χ1n) is 4.08. The highest BCUT2D eigenvalue weighted by molar-refractivity contribution is 7.09. The smallest absolute Gasteiger partial charge is 0.326 e. The number of anilines is 1. The van der Waals surface area contributed by atoms with Gasteiger partial charge in [0.05, 0.1) is 0 Å². The van der Waals surface area contributed by atoms with Gasteiger partial charge < -0.3 is 10.4 Å². The van der Waals surface area contributed by atoms with E-state index in [1.54, 1.807) is 6.92 Å². The predicted molar refractivity (Wildman–Crippen MR) is 51.6 cm³/mol. The van der Waals surface area contributed by atoms with Gasteiger partial charge in [0.2, 0.25) is 5.13 Å². The van der Waals surface area contributed by atoms with E-state index in [1.165, 1.54) is 0 Å². The molecule has 0 aliphatic heterocycles. The third-order valence-electron chi connectivity index (χ3n) is 1.53. The molecule has 0 aliphatic rings. The molecule has 1 aromatic rings. The van der Waals surface area contributed by atoms with Crippen LogP contribution in [0.3, 0.4) is 0 Å². The molecule has 1 heterocycles. The Morgan fingerprint density at radius 3 is 2.80 bits per heavy atom. The van der Waals surface area contributed by atoms with Gasteiger partial charge >= 0.3 is 12.0 Å². The highest BCUT2D eigenvalue weighted by Gasteiger charge is 2.17. The lowest BCUT2D eigenvalue weighted by molar-refractivity contribution is -0.139. The molecule has 1 aromatic heterocycles. The quantitative estimate of drug-likeness (QED) is 0.667. The number of hydrogen-bond acceptors (Lipinski definition) is 6. The predicted octanol–water partition coefficient (Wildman–Crippen LogP) is -0.0822. The molecule has 1 atom stereocenters. The van der Waals surface area contributed by atoms with Crippen LogP contribution < -0.4 is 10.6 Å². The summed E-state index contributed by atoms with van der Waals surface area (Å²) in [5, 5.41) is 20.2. The molecule has 0 saturated heterocycles. The maximum atomic E-state index is 11.2. The maximum absolute atomic E-state index is 11.2. The monoisotopic (exact) mass is 231 g/mol. The molecule has 0 aromatic carbocycles. The average molecular weight is 231 g/mol. The standard InChI is InChI=1S/C6H9N5O3S/c1-2-3(4(12)13)7-5(14)8-6-9-10-11-15-6/h3H,2H2,1H3,(H,12,13)(H2,7,8,9,11,14). The number of hydrogen-bond donors (Lipinski definition) is 3. The van der Waals surface area contributed by atoms with E-state index < -0.39 is 18.0 Å². The van der Waals surface area contributed by atoms with Crippen LogP contribution in [0.2, 0.25) is 0 Å². The van der Waals surface area contributed by atoms with Crippen molar-refractivity contribution >= 4 is 28.7 Å². The van der Waals surface area contributed by atoms with Crippen LogP contribution in [0.25, 0.3) is 0 Å². The Morgan fingerprint density at radius 2 is 2.33 bits per heavy atom. The van der Waals surface area contributed by atoms with Crippen molar-refractivity contribution < 1.29 is 14.7 Å². The van der Waals surface area contributed by atoms with Gasteiger partial charge in [-0.15, -0.1) is 0 Å². The van der Waals surface area contributed by atoms with Crippen molar-refractivity contribution in [2.24, 2.45) is 0 Å². The molecule has 82 valence electrons. The molecule has 0 saturated carbocycles. The van der Waals surface area contributed by atoms with Gasteiger partial charge in [0.15, 0.2) is 0 Å². The molecular formula is C6H9N5O3S.